The number of aryl methyl sites for hydroxylation is 2. The van der Waals surface area contributed by atoms with E-state index < -0.39 is 0 Å². The molecule has 180 valence electrons. The van der Waals surface area contributed by atoms with Crippen molar-refractivity contribution in [3.8, 4) is 11.1 Å². The van der Waals surface area contributed by atoms with Crippen molar-refractivity contribution in [2.24, 2.45) is 0 Å². The number of hydrogen-bond acceptors (Lipinski definition) is 4. The first-order chi connectivity index (χ1) is 17.5. The lowest BCUT2D eigenvalue weighted by atomic mass is 10.1. The van der Waals surface area contributed by atoms with Gasteiger partial charge < -0.3 is 14.3 Å². The molecule has 0 saturated carbocycles. The standard InChI is InChI=1S/C27H21ClFN5O2/c1-36-15-23-25(16-2-5-19(29)6-3-16)26-31-14-21-24(34(26)32-23)9-11-33(27(21)35)10-8-17-13-30-22-7-4-18(28)12-20(17)22/h2-7,9,11-14,30H,8,10,15H2,1H3. The molecule has 36 heavy (non-hydrogen) atoms. The molecule has 0 atom stereocenters. The topological polar surface area (TPSA) is 77.2 Å². The summed E-state index contributed by atoms with van der Waals surface area (Å²) in [5.74, 6) is -0.321. The number of hydrogen-bond donors (Lipinski definition) is 1. The SMILES string of the molecule is COCc1nn2c(ncc3c(=O)n(CCc4c[nH]c5ccc(Cl)cc45)ccc32)c1-c1ccc(F)cc1. The maximum absolute atomic E-state index is 13.5. The number of nitrogens with zero attached hydrogens (tertiary/aromatic N) is 4. The number of methoxy groups -OCH3 is 1. The molecule has 0 radical (unpaired) electrons. The van der Waals surface area contributed by atoms with Crippen LogP contribution in [-0.2, 0) is 24.3 Å². The third kappa shape index (κ3) is 3.75. The molecular formula is C27H21ClFN5O2. The average Bonchev–Trinajstić information content (AvgIpc) is 3.45. The van der Waals surface area contributed by atoms with Crippen LogP contribution in [0.5, 0.6) is 0 Å². The predicted octanol–water partition coefficient (Wildman–Crippen LogP) is 5.37. The summed E-state index contributed by atoms with van der Waals surface area (Å²) in [5.41, 5.74) is 5.36. The first kappa shape index (κ1) is 22.5. The van der Waals surface area contributed by atoms with Crippen molar-refractivity contribution in [1.82, 2.24) is 24.1 Å². The minimum atomic E-state index is -0.321. The van der Waals surface area contributed by atoms with Crippen molar-refractivity contribution < 1.29 is 9.13 Å². The lowest BCUT2D eigenvalue weighted by Gasteiger charge is -2.08. The molecule has 0 unspecified atom stereocenters. The molecule has 4 heterocycles. The van der Waals surface area contributed by atoms with E-state index in [1.165, 1.54) is 12.1 Å². The van der Waals surface area contributed by atoms with E-state index in [0.29, 0.717) is 40.2 Å². The summed E-state index contributed by atoms with van der Waals surface area (Å²) in [4.78, 5) is 21.2. The van der Waals surface area contributed by atoms with Crippen molar-refractivity contribution in [1.29, 1.82) is 0 Å². The Morgan fingerprint density at radius 2 is 1.94 bits per heavy atom. The van der Waals surface area contributed by atoms with Crippen molar-refractivity contribution in [3.63, 3.8) is 0 Å². The predicted molar refractivity (Wildman–Crippen MR) is 138 cm³/mol. The normalized spacial score (nSPS) is 11.8. The van der Waals surface area contributed by atoms with Gasteiger partial charge in [0.1, 0.15) is 5.82 Å². The van der Waals surface area contributed by atoms with Crippen molar-refractivity contribution in [2.75, 3.05) is 7.11 Å². The van der Waals surface area contributed by atoms with Gasteiger partial charge in [0.25, 0.3) is 5.56 Å². The first-order valence-corrected chi connectivity index (χ1v) is 11.8. The van der Waals surface area contributed by atoms with E-state index in [2.05, 4.69) is 9.97 Å². The zero-order chi connectivity index (χ0) is 24.8. The van der Waals surface area contributed by atoms with Gasteiger partial charge in [-0.2, -0.15) is 5.10 Å². The number of H-pyrrole nitrogens is 1. The second-order valence-corrected chi connectivity index (χ2v) is 9.06. The number of nitrogens with one attached hydrogen (secondary N) is 1. The summed E-state index contributed by atoms with van der Waals surface area (Å²) in [7, 11) is 1.59. The van der Waals surface area contributed by atoms with Crippen molar-refractivity contribution in [2.45, 2.75) is 19.6 Å². The zero-order valence-electron chi connectivity index (χ0n) is 19.3. The summed E-state index contributed by atoms with van der Waals surface area (Å²) in [6.07, 6.45) is 5.98. The average molecular weight is 502 g/mol. The highest BCUT2D eigenvalue weighted by atomic mass is 35.5. The largest absolute Gasteiger partial charge is 0.378 e. The number of fused-ring (bicyclic) bond motifs is 4. The molecule has 0 fully saturated rings. The van der Waals surface area contributed by atoms with Crippen LogP contribution in [0, 0.1) is 5.82 Å². The van der Waals surface area contributed by atoms with E-state index in [9.17, 15) is 9.18 Å². The van der Waals surface area contributed by atoms with Crippen LogP contribution in [0.25, 0.3) is 38.6 Å². The molecule has 0 bridgehead atoms. The third-order valence-corrected chi connectivity index (χ3v) is 6.66. The van der Waals surface area contributed by atoms with Crippen LogP contribution in [0.1, 0.15) is 11.3 Å². The van der Waals surface area contributed by atoms with Crippen molar-refractivity contribution >= 4 is 39.1 Å². The summed E-state index contributed by atoms with van der Waals surface area (Å²) in [6, 6.07) is 13.8. The molecule has 9 heteroatoms. The molecule has 6 rings (SSSR count). The Morgan fingerprint density at radius 1 is 1.11 bits per heavy atom. The molecule has 2 aromatic carbocycles. The number of rotatable bonds is 6. The molecule has 0 aliphatic heterocycles. The fourth-order valence-corrected chi connectivity index (χ4v) is 4.85. The van der Waals surface area contributed by atoms with Gasteiger partial charge in [0, 0.05) is 48.2 Å². The Morgan fingerprint density at radius 3 is 2.75 bits per heavy atom. The van der Waals surface area contributed by atoms with Crippen LogP contribution in [0.15, 0.2) is 71.9 Å². The van der Waals surface area contributed by atoms with Crippen LogP contribution in [0.2, 0.25) is 5.02 Å². The molecule has 0 spiro atoms. The molecule has 0 saturated heterocycles. The van der Waals surface area contributed by atoms with Gasteiger partial charge in [0.15, 0.2) is 5.65 Å². The van der Waals surface area contributed by atoms with Gasteiger partial charge in [-0.05, 0) is 53.9 Å². The molecule has 4 aromatic heterocycles. The molecule has 1 N–H and O–H groups in total. The van der Waals surface area contributed by atoms with Crippen LogP contribution >= 0.6 is 11.6 Å². The second-order valence-electron chi connectivity index (χ2n) is 8.62. The Hall–Kier alpha value is -4.01. The van der Waals surface area contributed by atoms with Gasteiger partial charge in [-0.25, -0.2) is 13.9 Å². The number of halogens is 2. The van der Waals surface area contributed by atoms with Crippen molar-refractivity contribution in [3.05, 3.63) is 99.6 Å². The maximum atomic E-state index is 13.5. The van der Waals surface area contributed by atoms with E-state index in [4.69, 9.17) is 21.4 Å². The molecule has 0 aliphatic carbocycles. The van der Waals surface area contributed by atoms with Gasteiger partial charge in [0.05, 0.1) is 28.8 Å². The number of benzene rings is 2. The number of pyridine rings is 1. The Kier molecular flexibility index (Phi) is 5.55. The minimum absolute atomic E-state index is 0.146. The summed E-state index contributed by atoms with van der Waals surface area (Å²) >= 11 is 6.17. The van der Waals surface area contributed by atoms with Crippen LogP contribution < -0.4 is 5.56 Å². The van der Waals surface area contributed by atoms with E-state index in [1.54, 1.807) is 40.7 Å². The lowest BCUT2D eigenvalue weighted by molar-refractivity contribution is 0.181. The fourth-order valence-electron chi connectivity index (χ4n) is 4.68. The number of aromatic nitrogens is 5. The van der Waals surface area contributed by atoms with E-state index in [-0.39, 0.29) is 18.0 Å². The summed E-state index contributed by atoms with van der Waals surface area (Å²) in [5, 5.41) is 6.89. The van der Waals surface area contributed by atoms with Gasteiger partial charge in [-0.15, -0.1) is 0 Å². The second kappa shape index (κ2) is 8.89. The smallest absolute Gasteiger partial charge is 0.261 e. The van der Waals surface area contributed by atoms with E-state index >= 15 is 0 Å². The lowest BCUT2D eigenvalue weighted by Crippen LogP contribution is -2.21. The van der Waals surface area contributed by atoms with Gasteiger partial charge in [0.2, 0.25) is 0 Å². The third-order valence-electron chi connectivity index (χ3n) is 6.42. The number of aromatic amines is 1. The minimum Gasteiger partial charge on any atom is -0.378 e. The van der Waals surface area contributed by atoms with E-state index in [0.717, 1.165) is 27.6 Å². The van der Waals surface area contributed by atoms with Gasteiger partial charge in [-0.1, -0.05) is 23.7 Å². The molecule has 0 aliphatic rings. The van der Waals surface area contributed by atoms with E-state index in [1.807, 2.05) is 30.5 Å². The van der Waals surface area contributed by atoms with Crippen LogP contribution in [-0.4, -0.2) is 31.3 Å². The fraction of sp³-hybridized carbons (Fsp3) is 0.148. The first-order valence-electron chi connectivity index (χ1n) is 11.4. The zero-order valence-corrected chi connectivity index (χ0v) is 20.1. The van der Waals surface area contributed by atoms with Gasteiger partial charge >= 0.3 is 0 Å². The summed E-state index contributed by atoms with van der Waals surface area (Å²) in [6.45, 7) is 0.754. The highest BCUT2D eigenvalue weighted by Gasteiger charge is 2.19. The van der Waals surface area contributed by atoms with Crippen LogP contribution in [0.3, 0.4) is 0 Å². The maximum Gasteiger partial charge on any atom is 0.261 e. The Labute approximate surface area is 209 Å². The highest BCUT2D eigenvalue weighted by Crippen LogP contribution is 2.30. The quantitative estimate of drug-likeness (QED) is 0.332. The van der Waals surface area contributed by atoms with Crippen LogP contribution in [0.4, 0.5) is 4.39 Å². The molecular weight excluding hydrogens is 481 g/mol. The monoisotopic (exact) mass is 501 g/mol. The Balaban J connectivity index is 1.41. The molecule has 7 nitrogen and oxygen atoms in total. The van der Waals surface area contributed by atoms with Gasteiger partial charge in [-0.3, -0.25) is 4.79 Å². The molecule has 0 amide bonds. The Bertz CT molecular complexity index is 1800. The highest BCUT2D eigenvalue weighted by molar-refractivity contribution is 6.31. The number of ether oxygens (including phenoxy) is 1. The molecule has 6 aromatic rings. The summed E-state index contributed by atoms with van der Waals surface area (Å²) < 4.78 is 22.2.